The van der Waals surface area contributed by atoms with Crippen LogP contribution in [-0.2, 0) is 9.53 Å². The molecule has 20 heavy (non-hydrogen) atoms. The van der Waals surface area contributed by atoms with Gasteiger partial charge in [0.2, 0.25) is 0 Å². The number of anilines is 2. The molecule has 5 nitrogen and oxygen atoms in total. The normalized spacial score (nSPS) is 17.1. The van der Waals surface area contributed by atoms with Crippen molar-refractivity contribution in [3.8, 4) is 5.75 Å². The highest BCUT2D eigenvalue weighted by Gasteiger charge is 2.40. The molecule has 1 heterocycles. The van der Waals surface area contributed by atoms with Gasteiger partial charge in [-0.2, -0.15) is 0 Å². The summed E-state index contributed by atoms with van der Waals surface area (Å²) >= 11 is 0. The number of hydrogen-bond donors (Lipinski definition) is 1. The highest BCUT2D eigenvalue weighted by atomic mass is 16.5. The third-order valence-corrected chi connectivity index (χ3v) is 3.17. The summed E-state index contributed by atoms with van der Waals surface area (Å²) in [6, 6.07) is 5.33. The van der Waals surface area contributed by atoms with Gasteiger partial charge in [-0.15, -0.1) is 0 Å². The third kappa shape index (κ3) is 2.88. The number of carbonyl (C=O) groups excluding carboxylic acids is 1. The molecular weight excluding hydrogens is 256 g/mol. The smallest absolute Gasteiger partial charge is 0.270 e. The van der Waals surface area contributed by atoms with Crippen molar-refractivity contribution in [2.45, 2.75) is 39.4 Å². The number of benzene rings is 1. The van der Waals surface area contributed by atoms with E-state index in [1.54, 1.807) is 36.9 Å². The van der Waals surface area contributed by atoms with Crippen molar-refractivity contribution < 1.29 is 14.3 Å². The van der Waals surface area contributed by atoms with Crippen LogP contribution in [-0.4, -0.2) is 30.8 Å². The van der Waals surface area contributed by atoms with Crippen LogP contribution in [0.5, 0.6) is 5.75 Å². The molecule has 0 radical (unpaired) electrons. The van der Waals surface area contributed by atoms with Crippen molar-refractivity contribution >= 4 is 17.3 Å². The number of ether oxygens (including phenoxy) is 2. The molecule has 0 spiro atoms. The van der Waals surface area contributed by atoms with Gasteiger partial charge >= 0.3 is 0 Å². The lowest BCUT2D eigenvalue weighted by molar-refractivity contribution is -0.132. The van der Waals surface area contributed by atoms with Crippen molar-refractivity contribution in [2.24, 2.45) is 0 Å². The van der Waals surface area contributed by atoms with E-state index in [9.17, 15) is 4.79 Å². The number of nitrogens with two attached hydrogens (primary N) is 1. The largest absolute Gasteiger partial charge is 0.476 e. The van der Waals surface area contributed by atoms with E-state index in [1.165, 1.54) is 0 Å². The molecule has 0 fully saturated rings. The van der Waals surface area contributed by atoms with Crippen LogP contribution < -0.4 is 15.4 Å². The summed E-state index contributed by atoms with van der Waals surface area (Å²) in [6.45, 7) is 8.44. The molecule has 1 aromatic rings. The van der Waals surface area contributed by atoms with Gasteiger partial charge in [-0.25, -0.2) is 0 Å². The second-order valence-electron chi connectivity index (χ2n) is 5.72. The molecule has 0 bridgehead atoms. The first-order valence-corrected chi connectivity index (χ1v) is 6.83. The van der Waals surface area contributed by atoms with Gasteiger partial charge < -0.3 is 20.1 Å². The number of nitrogens with zero attached hydrogens (tertiary/aromatic N) is 1. The summed E-state index contributed by atoms with van der Waals surface area (Å²) in [7, 11) is 0. The Hall–Kier alpha value is -1.75. The topological polar surface area (TPSA) is 64.8 Å². The summed E-state index contributed by atoms with van der Waals surface area (Å²) in [5.41, 5.74) is 6.25. The number of carbonyl (C=O) groups is 1. The fourth-order valence-electron chi connectivity index (χ4n) is 2.19. The first kappa shape index (κ1) is 14.7. The van der Waals surface area contributed by atoms with E-state index in [2.05, 4.69) is 0 Å². The number of hydrogen-bond acceptors (Lipinski definition) is 4. The quantitative estimate of drug-likeness (QED) is 0.857. The average Bonchev–Trinajstić information content (AvgIpc) is 2.34. The van der Waals surface area contributed by atoms with Gasteiger partial charge in [0.05, 0.1) is 18.4 Å². The standard InChI is InChI=1S/C15H22N2O3/c1-10(2)19-8-7-17-12-9-11(16)5-6-13(12)20-15(3,4)14(17)18/h5-6,9-10H,7-8,16H2,1-4H3. The van der Waals surface area contributed by atoms with Crippen LogP contribution in [0.4, 0.5) is 11.4 Å². The van der Waals surface area contributed by atoms with Crippen LogP contribution in [0.25, 0.3) is 0 Å². The molecule has 0 saturated heterocycles. The van der Waals surface area contributed by atoms with E-state index in [4.69, 9.17) is 15.2 Å². The minimum atomic E-state index is -0.874. The van der Waals surface area contributed by atoms with Crippen LogP contribution in [0.1, 0.15) is 27.7 Å². The van der Waals surface area contributed by atoms with Gasteiger partial charge in [-0.05, 0) is 45.9 Å². The van der Waals surface area contributed by atoms with Gasteiger partial charge in [-0.3, -0.25) is 4.79 Å². The van der Waals surface area contributed by atoms with Crippen LogP contribution in [0.3, 0.4) is 0 Å². The zero-order chi connectivity index (χ0) is 14.9. The Balaban J connectivity index is 2.28. The summed E-state index contributed by atoms with van der Waals surface area (Å²) in [5.74, 6) is 0.594. The zero-order valence-electron chi connectivity index (χ0n) is 12.5. The maximum atomic E-state index is 12.5. The summed E-state index contributed by atoms with van der Waals surface area (Å²) in [6.07, 6.45) is 0.138. The van der Waals surface area contributed by atoms with Crippen molar-refractivity contribution in [3.63, 3.8) is 0 Å². The zero-order valence-corrected chi connectivity index (χ0v) is 12.5. The molecule has 5 heteroatoms. The van der Waals surface area contributed by atoms with E-state index in [1.807, 2.05) is 13.8 Å². The van der Waals surface area contributed by atoms with Crippen molar-refractivity contribution in [3.05, 3.63) is 18.2 Å². The second-order valence-corrected chi connectivity index (χ2v) is 5.72. The molecule has 0 atom stereocenters. The molecule has 110 valence electrons. The monoisotopic (exact) mass is 278 g/mol. The van der Waals surface area contributed by atoms with E-state index < -0.39 is 5.60 Å². The summed E-state index contributed by atoms with van der Waals surface area (Å²) in [4.78, 5) is 14.2. The molecule has 1 aromatic carbocycles. The van der Waals surface area contributed by atoms with E-state index in [0.29, 0.717) is 30.3 Å². The van der Waals surface area contributed by atoms with Gasteiger partial charge in [-0.1, -0.05) is 0 Å². The number of rotatable bonds is 4. The maximum Gasteiger partial charge on any atom is 0.270 e. The van der Waals surface area contributed by atoms with Crippen LogP contribution >= 0.6 is 0 Å². The molecular formula is C15H22N2O3. The lowest BCUT2D eigenvalue weighted by atomic mass is 10.0. The van der Waals surface area contributed by atoms with Gasteiger partial charge in [0, 0.05) is 12.2 Å². The molecule has 1 aliphatic heterocycles. The maximum absolute atomic E-state index is 12.5. The second kappa shape index (κ2) is 5.32. The predicted octanol–water partition coefficient (Wildman–Crippen LogP) is 2.20. The van der Waals surface area contributed by atoms with Crippen molar-refractivity contribution in [1.29, 1.82) is 0 Å². The highest BCUT2D eigenvalue weighted by molar-refractivity contribution is 6.02. The average molecular weight is 278 g/mol. The number of fused-ring (bicyclic) bond motifs is 1. The van der Waals surface area contributed by atoms with Crippen LogP contribution in [0.2, 0.25) is 0 Å². The first-order chi connectivity index (χ1) is 9.31. The van der Waals surface area contributed by atoms with Crippen molar-refractivity contribution in [2.75, 3.05) is 23.8 Å². The molecule has 0 aliphatic carbocycles. The van der Waals surface area contributed by atoms with Crippen molar-refractivity contribution in [1.82, 2.24) is 0 Å². The fraction of sp³-hybridized carbons (Fsp3) is 0.533. The lowest BCUT2D eigenvalue weighted by Gasteiger charge is -2.38. The molecule has 0 unspecified atom stereocenters. The summed E-state index contributed by atoms with van der Waals surface area (Å²) in [5, 5.41) is 0. The number of amides is 1. The van der Waals surface area contributed by atoms with E-state index >= 15 is 0 Å². The van der Waals surface area contributed by atoms with Crippen LogP contribution in [0.15, 0.2) is 18.2 Å². The molecule has 1 amide bonds. The van der Waals surface area contributed by atoms with Gasteiger partial charge in [0.25, 0.3) is 5.91 Å². The molecule has 2 N–H and O–H groups in total. The van der Waals surface area contributed by atoms with Gasteiger partial charge in [0.1, 0.15) is 5.75 Å². The Morgan fingerprint density at radius 1 is 1.40 bits per heavy atom. The Kier molecular flexibility index (Phi) is 3.90. The lowest BCUT2D eigenvalue weighted by Crippen LogP contribution is -2.53. The summed E-state index contributed by atoms with van der Waals surface area (Å²) < 4.78 is 11.3. The first-order valence-electron chi connectivity index (χ1n) is 6.83. The molecule has 0 aromatic heterocycles. The molecule has 2 rings (SSSR count). The number of nitrogen functional groups attached to an aromatic ring is 1. The SMILES string of the molecule is CC(C)OCCN1C(=O)C(C)(C)Oc2ccc(N)cc21. The predicted molar refractivity (Wildman–Crippen MR) is 79.0 cm³/mol. The van der Waals surface area contributed by atoms with E-state index in [-0.39, 0.29) is 12.0 Å². The minimum Gasteiger partial charge on any atom is -0.476 e. The fourth-order valence-corrected chi connectivity index (χ4v) is 2.19. The van der Waals surface area contributed by atoms with Crippen LogP contribution in [0, 0.1) is 0 Å². The van der Waals surface area contributed by atoms with E-state index in [0.717, 1.165) is 0 Å². The minimum absolute atomic E-state index is 0.0806. The van der Waals surface area contributed by atoms with Gasteiger partial charge in [0.15, 0.2) is 5.60 Å². The third-order valence-electron chi connectivity index (χ3n) is 3.17. The highest BCUT2D eigenvalue weighted by Crippen LogP contribution is 2.38. The Bertz CT molecular complexity index is 512. The Morgan fingerprint density at radius 2 is 2.10 bits per heavy atom. The molecule has 0 saturated carbocycles. The Morgan fingerprint density at radius 3 is 2.75 bits per heavy atom. The molecule has 1 aliphatic rings. The Labute approximate surface area is 119 Å².